The molecule has 0 radical (unpaired) electrons. The fraction of sp³-hybridized carbons (Fsp3) is 0.875. The minimum Gasteiger partial charge on any atom is -0.447 e. The van der Waals surface area contributed by atoms with E-state index in [1.165, 1.54) is 0 Å². The van der Waals surface area contributed by atoms with Crippen molar-refractivity contribution < 1.29 is 29.2 Å². The third-order valence-electron chi connectivity index (χ3n) is 4.47. The second kappa shape index (κ2) is 9.54. The van der Waals surface area contributed by atoms with Gasteiger partial charge in [0.1, 0.15) is 5.60 Å². The maximum Gasteiger partial charge on any atom is 0.550 e. The van der Waals surface area contributed by atoms with Crippen molar-refractivity contribution in [1.29, 1.82) is 0 Å². The highest BCUT2D eigenvalue weighted by atomic mass is 17.3. The van der Waals surface area contributed by atoms with Gasteiger partial charge in [-0.15, -0.1) is 0 Å². The highest BCUT2D eigenvalue weighted by Gasteiger charge is 2.44. The van der Waals surface area contributed by atoms with Gasteiger partial charge in [-0.1, -0.05) is 39.5 Å². The largest absolute Gasteiger partial charge is 0.550 e. The van der Waals surface area contributed by atoms with E-state index in [2.05, 4.69) is 23.6 Å². The summed E-state index contributed by atoms with van der Waals surface area (Å²) >= 11 is 0. The van der Waals surface area contributed by atoms with E-state index < -0.39 is 17.9 Å². The lowest BCUT2D eigenvalue weighted by Crippen LogP contribution is -2.45. The molecule has 6 nitrogen and oxygen atoms in total. The fourth-order valence-electron chi connectivity index (χ4n) is 3.38. The molecule has 0 bridgehead atoms. The molecule has 0 amide bonds. The van der Waals surface area contributed by atoms with Gasteiger partial charge in [0.05, 0.1) is 0 Å². The number of carbonyl (C=O) groups is 2. The van der Waals surface area contributed by atoms with E-state index in [0.29, 0.717) is 5.92 Å². The van der Waals surface area contributed by atoms with Crippen LogP contribution in [0.4, 0.5) is 9.59 Å². The van der Waals surface area contributed by atoms with E-state index in [4.69, 9.17) is 9.84 Å². The van der Waals surface area contributed by atoms with Crippen LogP contribution >= 0.6 is 0 Å². The average Bonchev–Trinajstić information content (AvgIpc) is 2.50. The first kappa shape index (κ1) is 18.6. The first-order valence-corrected chi connectivity index (χ1v) is 8.34. The van der Waals surface area contributed by atoms with Gasteiger partial charge in [0, 0.05) is 0 Å². The molecule has 6 heteroatoms. The van der Waals surface area contributed by atoms with Crippen LogP contribution in [0.5, 0.6) is 0 Å². The van der Waals surface area contributed by atoms with Gasteiger partial charge in [0.15, 0.2) is 0 Å². The van der Waals surface area contributed by atoms with Crippen molar-refractivity contribution in [2.75, 3.05) is 0 Å². The third kappa shape index (κ3) is 5.73. The Morgan fingerprint density at radius 2 is 1.86 bits per heavy atom. The number of ether oxygens (including phenoxy) is 1. The maximum atomic E-state index is 11.8. The first-order chi connectivity index (χ1) is 10.5. The van der Waals surface area contributed by atoms with Crippen molar-refractivity contribution in [2.45, 2.75) is 83.7 Å². The van der Waals surface area contributed by atoms with E-state index in [0.717, 1.165) is 64.2 Å². The Balaban J connectivity index is 2.75. The molecule has 1 aliphatic rings. The van der Waals surface area contributed by atoms with E-state index in [9.17, 15) is 9.59 Å². The highest BCUT2D eigenvalue weighted by Crippen LogP contribution is 2.43. The molecular weight excluding hydrogens is 288 g/mol. The van der Waals surface area contributed by atoms with Crippen molar-refractivity contribution in [3.63, 3.8) is 0 Å². The molecule has 0 aromatic heterocycles. The second-order valence-corrected chi connectivity index (χ2v) is 6.04. The molecule has 0 aromatic carbocycles. The second-order valence-electron chi connectivity index (χ2n) is 6.04. The third-order valence-corrected chi connectivity index (χ3v) is 4.47. The fourth-order valence-corrected chi connectivity index (χ4v) is 3.38. The number of hydrogen-bond donors (Lipinski definition) is 1. The Bertz CT molecular complexity index is 357. The summed E-state index contributed by atoms with van der Waals surface area (Å²) in [5.41, 5.74) is -0.539. The summed E-state index contributed by atoms with van der Waals surface area (Å²) in [7, 11) is 0. The molecule has 128 valence electrons. The number of carbonyl (C=O) groups excluding carboxylic acids is 1. The Hall–Kier alpha value is -1.46. The zero-order valence-electron chi connectivity index (χ0n) is 13.6. The molecule has 2 atom stereocenters. The van der Waals surface area contributed by atoms with Crippen LogP contribution in [-0.2, 0) is 14.5 Å². The Morgan fingerprint density at radius 3 is 2.50 bits per heavy atom. The normalized spacial score (nSPS) is 24.5. The lowest BCUT2D eigenvalue weighted by atomic mass is 9.70. The lowest BCUT2D eigenvalue weighted by molar-refractivity contribution is -0.231. The molecule has 1 N–H and O–H groups in total. The molecule has 0 saturated heterocycles. The Kier molecular flexibility index (Phi) is 8.06. The van der Waals surface area contributed by atoms with E-state index in [-0.39, 0.29) is 0 Å². The number of carboxylic acid groups (broad SMARTS) is 1. The van der Waals surface area contributed by atoms with Crippen LogP contribution in [-0.4, -0.2) is 23.0 Å². The molecule has 0 aliphatic heterocycles. The van der Waals surface area contributed by atoms with Crippen LogP contribution in [0, 0.1) is 5.92 Å². The summed E-state index contributed by atoms with van der Waals surface area (Å²) in [6, 6.07) is 0. The van der Waals surface area contributed by atoms with Crippen molar-refractivity contribution in [3.8, 4) is 0 Å². The van der Waals surface area contributed by atoms with Crippen molar-refractivity contribution in [1.82, 2.24) is 0 Å². The van der Waals surface area contributed by atoms with E-state index >= 15 is 0 Å². The van der Waals surface area contributed by atoms with Crippen LogP contribution < -0.4 is 0 Å². The minimum absolute atomic E-state index is 0.310. The summed E-state index contributed by atoms with van der Waals surface area (Å²) in [4.78, 5) is 30.1. The monoisotopic (exact) mass is 316 g/mol. The smallest absolute Gasteiger partial charge is 0.447 e. The van der Waals surface area contributed by atoms with Crippen molar-refractivity contribution in [2.24, 2.45) is 5.92 Å². The van der Waals surface area contributed by atoms with Crippen LogP contribution in [0.3, 0.4) is 0 Å². The van der Waals surface area contributed by atoms with Gasteiger partial charge in [-0.25, -0.2) is 9.68 Å². The maximum absolute atomic E-state index is 11.8. The van der Waals surface area contributed by atoms with Crippen molar-refractivity contribution in [3.05, 3.63) is 0 Å². The van der Waals surface area contributed by atoms with Crippen LogP contribution in [0.25, 0.3) is 0 Å². The molecule has 0 spiro atoms. The molecule has 1 rings (SSSR count). The topological polar surface area (TPSA) is 82.1 Å². The van der Waals surface area contributed by atoms with E-state index in [1.807, 2.05) is 0 Å². The van der Waals surface area contributed by atoms with Gasteiger partial charge in [0.25, 0.3) is 0 Å². The molecule has 0 aromatic rings. The summed E-state index contributed by atoms with van der Waals surface area (Å²) in [5, 5.41) is 8.39. The van der Waals surface area contributed by atoms with Gasteiger partial charge >= 0.3 is 12.3 Å². The molecule has 1 aliphatic carbocycles. The molecule has 1 saturated carbocycles. The summed E-state index contributed by atoms with van der Waals surface area (Å²) in [6.45, 7) is 4.25. The quantitative estimate of drug-likeness (QED) is 0.401. The van der Waals surface area contributed by atoms with E-state index in [1.54, 1.807) is 0 Å². The molecular formula is C16H28O6. The minimum atomic E-state index is -1.66. The zero-order valence-corrected chi connectivity index (χ0v) is 13.6. The predicted octanol–water partition coefficient (Wildman–Crippen LogP) is 5.06. The number of unbranched alkanes of at least 4 members (excludes halogenated alkanes) is 2. The summed E-state index contributed by atoms with van der Waals surface area (Å²) < 4.78 is 5.59. The van der Waals surface area contributed by atoms with Gasteiger partial charge in [-0.05, 0) is 44.4 Å². The summed E-state index contributed by atoms with van der Waals surface area (Å²) in [5.74, 6) is 0.310. The first-order valence-electron chi connectivity index (χ1n) is 8.34. The van der Waals surface area contributed by atoms with Crippen LogP contribution in [0.15, 0.2) is 0 Å². The molecule has 1 fully saturated rings. The zero-order chi connectivity index (χ0) is 16.4. The van der Waals surface area contributed by atoms with Gasteiger partial charge < -0.3 is 9.84 Å². The summed E-state index contributed by atoms with van der Waals surface area (Å²) in [6.07, 6.45) is 7.30. The van der Waals surface area contributed by atoms with Crippen molar-refractivity contribution >= 4 is 12.3 Å². The van der Waals surface area contributed by atoms with Gasteiger partial charge in [-0.3, -0.25) is 0 Å². The number of hydrogen-bond acceptors (Lipinski definition) is 5. The van der Waals surface area contributed by atoms with Crippen LogP contribution in [0.2, 0.25) is 0 Å². The molecule has 22 heavy (non-hydrogen) atoms. The predicted molar refractivity (Wildman–Crippen MR) is 80.4 cm³/mol. The van der Waals surface area contributed by atoms with Gasteiger partial charge in [0.2, 0.25) is 0 Å². The molecule has 2 unspecified atom stereocenters. The van der Waals surface area contributed by atoms with Gasteiger partial charge in [-0.2, -0.15) is 9.68 Å². The van der Waals surface area contributed by atoms with Crippen LogP contribution in [0.1, 0.15) is 78.1 Å². The average molecular weight is 316 g/mol. The SMILES string of the molecule is CCCCC1CCCCC1(CCCC)OC(=O)OOC(=O)O. The standard InChI is InChI=1S/C16H28O6/c1-3-5-9-13-10-7-8-12-16(13,11-6-4-2)20-15(19)22-21-14(17)18/h13H,3-12H2,1-2H3,(H,17,18). The molecule has 0 heterocycles. The lowest BCUT2D eigenvalue weighted by Gasteiger charge is -2.43. The Morgan fingerprint density at radius 1 is 1.14 bits per heavy atom. The Labute approximate surface area is 132 Å². The highest BCUT2D eigenvalue weighted by molar-refractivity contribution is 5.62. The number of rotatable bonds is 7.